The van der Waals surface area contributed by atoms with Gasteiger partial charge < -0.3 is 4.74 Å². The molecule has 0 N–H and O–H groups in total. The first-order chi connectivity index (χ1) is 8.86. The van der Waals surface area contributed by atoms with E-state index >= 15 is 0 Å². The highest BCUT2D eigenvalue weighted by Gasteiger charge is 2.16. The normalized spacial score (nSPS) is 14.3. The van der Waals surface area contributed by atoms with E-state index in [9.17, 15) is 0 Å². The molecule has 0 fully saturated rings. The van der Waals surface area contributed by atoms with Crippen LogP contribution in [0.25, 0.3) is 0 Å². The fourth-order valence-corrected chi connectivity index (χ4v) is 2.45. The van der Waals surface area contributed by atoms with Gasteiger partial charge in [0.1, 0.15) is 5.75 Å². The molecule has 1 aromatic heterocycles. The molecule has 1 heterocycles. The van der Waals surface area contributed by atoms with Gasteiger partial charge in [-0.3, -0.25) is 0 Å². The molecular weight excluding hydrogens is 226 g/mol. The first-order valence-electron chi connectivity index (χ1n) is 6.41. The molecule has 0 spiro atoms. The van der Waals surface area contributed by atoms with Crippen molar-refractivity contribution in [2.75, 3.05) is 7.11 Å². The van der Waals surface area contributed by atoms with Crippen LogP contribution in [0, 0.1) is 0 Å². The van der Waals surface area contributed by atoms with Crippen molar-refractivity contribution < 1.29 is 4.74 Å². The summed E-state index contributed by atoms with van der Waals surface area (Å²) in [6, 6.07) is 8.13. The van der Waals surface area contributed by atoms with E-state index in [1.54, 1.807) is 7.11 Å². The molecule has 4 nitrogen and oxygen atoms in total. The molecule has 0 saturated heterocycles. The second-order valence-electron chi connectivity index (χ2n) is 4.70. The van der Waals surface area contributed by atoms with Crippen molar-refractivity contribution in [3.05, 3.63) is 41.2 Å². The molecule has 3 rings (SSSR count). The summed E-state index contributed by atoms with van der Waals surface area (Å²) < 4.78 is 7.20. The summed E-state index contributed by atoms with van der Waals surface area (Å²) in [4.78, 5) is 0. The molecule has 1 aliphatic rings. The van der Waals surface area contributed by atoms with Crippen molar-refractivity contribution in [2.24, 2.45) is 0 Å². The molecule has 0 radical (unpaired) electrons. The second kappa shape index (κ2) is 4.80. The van der Waals surface area contributed by atoms with Crippen molar-refractivity contribution in [3.63, 3.8) is 0 Å². The molecule has 94 valence electrons. The Balaban J connectivity index is 1.81. The van der Waals surface area contributed by atoms with Crippen LogP contribution in [0.3, 0.4) is 0 Å². The van der Waals surface area contributed by atoms with Gasteiger partial charge in [0.05, 0.1) is 25.0 Å². The zero-order valence-corrected chi connectivity index (χ0v) is 10.6. The van der Waals surface area contributed by atoms with E-state index in [1.165, 1.54) is 29.8 Å². The molecule has 1 aliphatic carbocycles. The van der Waals surface area contributed by atoms with E-state index in [4.69, 9.17) is 4.74 Å². The Bertz CT molecular complexity index is 530. The highest BCUT2D eigenvalue weighted by Crippen LogP contribution is 2.20. The van der Waals surface area contributed by atoms with E-state index < -0.39 is 0 Å². The van der Waals surface area contributed by atoms with Crippen molar-refractivity contribution in [1.82, 2.24) is 15.0 Å². The minimum atomic E-state index is 0.798. The first kappa shape index (κ1) is 11.3. The molecule has 0 saturated carbocycles. The lowest BCUT2D eigenvalue weighted by Crippen LogP contribution is -2.10. The van der Waals surface area contributed by atoms with E-state index in [2.05, 4.69) is 22.4 Å². The maximum Gasteiger partial charge on any atom is 0.118 e. The summed E-state index contributed by atoms with van der Waals surface area (Å²) in [6.45, 7) is 0.798. The van der Waals surface area contributed by atoms with Crippen LogP contribution in [-0.4, -0.2) is 22.1 Å². The number of hydrogen-bond acceptors (Lipinski definition) is 3. The Morgan fingerprint density at radius 2 is 1.94 bits per heavy atom. The molecule has 0 aliphatic heterocycles. The monoisotopic (exact) mass is 243 g/mol. The van der Waals surface area contributed by atoms with Gasteiger partial charge in [-0.15, -0.1) is 5.10 Å². The predicted octanol–water partition coefficient (Wildman–Crippen LogP) is 2.21. The Morgan fingerprint density at radius 1 is 1.17 bits per heavy atom. The SMILES string of the molecule is COc1ccc(Cn2nnc3c2CCCC3)cc1. The van der Waals surface area contributed by atoms with Gasteiger partial charge in [-0.25, -0.2) is 4.68 Å². The third-order valence-electron chi connectivity index (χ3n) is 3.49. The van der Waals surface area contributed by atoms with Crippen molar-refractivity contribution in [2.45, 2.75) is 32.2 Å². The molecule has 0 amide bonds. The minimum Gasteiger partial charge on any atom is -0.497 e. The Hall–Kier alpha value is -1.84. The predicted molar refractivity (Wildman–Crippen MR) is 68.8 cm³/mol. The highest BCUT2D eigenvalue weighted by atomic mass is 16.5. The Morgan fingerprint density at radius 3 is 2.72 bits per heavy atom. The number of aromatic nitrogens is 3. The summed E-state index contributed by atoms with van der Waals surface area (Å²) in [5, 5.41) is 8.55. The Kier molecular flexibility index (Phi) is 3.00. The topological polar surface area (TPSA) is 39.9 Å². The van der Waals surface area contributed by atoms with Crippen LogP contribution in [0.4, 0.5) is 0 Å². The number of aryl methyl sites for hydroxylation is 1. The number of ether oxygens (including phenoxy) is 1. The molecular formula is C14H17N3O. The average molecular weight is 243 g/mol. The third kappa shape index (κ3) is 2.10. The fourth-order valence-electron chi connectivity index (χ4n) is 2.45. The minimum absolute atomic E-state index is 0.798. The molecule has 0 bridgehead atoms. The molecule has 1 aromatic carbocycles. The summed E-state index contributed by atoms with van der Waals surface area (Å²) in [7, 11) is 1.68. The van der Waals surface area contributed by atoms with E-state index in [0.29, 0.717) is 0 Å². The van der Waals surface area contributed by atoms with Gasteiger partial charge in [0, 0.05) is 0 Å². The number of hydrogen-bond donors (Lipinski definition) is 0. The van der Waals surface area contributed by atoms with Crippen LogP contribution >= 0.6 is 0 Å². The van der Waals surface area contributed by atoms with Crippen LogP contribution in [0.2, 0.25) is 0 Å². The Labute approximate surface area is 107 Å². The number of fused-ring (bicyclic) bond motifs is 1. The van der Waals surface area contributed by atoms with Gasteiger partial charge in [0.2, 0.25) is 0 Å². The van der Waals surface area contributed by atoms with Crippen LogP contribution < -0.4 is 4.74 Å². The molecule has 2 aromatic rings. The molecule has 18 heavy (non-hydrogen) atoms. The molecule has 0 unspecified atom stereocenters. The number of rotatable bonds is 3. The highest BCUT2D eigenvalue weighted by molar-refractivity contribution is 5.27. The van der Waals surface area contributed by atoms with Gasteiger partial charge in [-0.2, -0.15) is 0 Å². The van der Waals surface area contributed by atoms with Crippen LogP contribution in [-0.2, 0) is 19.4 Å². The number of nitrogens with zero attached hydrogens (tertiary/aromatic N) is 3. The maximum atomic E-state index is 5.16. The number of benzene rings is 1. The summed E-state index contributed by atoms with van der Waals surface area (Å²) in [5.41, 5.74) is 3.74. The maximum absolute atomic E-state index is 5.16. The van der Waals surface area contributed by atoms with E-state index in [1.807, 2.05) is 16.8 Å². The standard InChI is InChI=1S/C14H17N3O/c1-18-12-8-6-11(7-9-12)10-17-14-5-3-2-4-13(14)15-16-17/h6-9H,2-5,10H2,1H3. The van der Waals surface area contributed by atoms with Crippen molar-refractivity contribution in [3.8, 4) is 5.75 Å². The average Bonchev–Trinajstić information content (AvgIpc) is 2.83. The van der Waals surface area contributed by atoms with Gasteiger partial charge in [-0.1, -0.05) is 17.3 Å². The van der Waals surface area contributed by atoms with Gasteiger partial charge in [0.25, 0.3) is 0 Å². The smallest absolute Gasteiger partial charge is 0.118 e. The molecule has 4 heteroatoms. The van der Waals surface area contributed by atoms with Crippen LogP contribution in [0.1, 0.15) is 29.8 Å². The first-order valence-corrected chi connectivity index (χ1v) is 6.41. The van der Waals surface area contributed by atoms with Crippen LogP contribution in [0.5, 0.6) is 5.75 Å². The fraction of sp³-hybridized carbons (Fsp3) is 0.429. The van der Waals surface area contributed by atoms with Gasteiger partial charge in [-0.05, 0) is 43.4 Å². The third-order valence-corrected chi connectivity index (χ3v) is 3.49. The van der Waals surface area contributed by atoms with Gasteiger partial charge >= 0.3 is 0 Å². The summed E-state index contributed by atoms with van der Waals surface area (Å²) in [6.07, 6.45) is 4.69. The summed E-state index contributed by atoms with van der Waals surface area (Å²) in [5.74, 6) is 0.888. The lowest BCUT2D eigenvalue weighted by atomic mass is 10.0. The van der Waals surface area contributed by atoms with Crippen molar-refractivity contribution >= 4 is 0 Å². The largest absolute Gasteiger partial charge is 0.497 e. The second-order valence-corrected chi connectivity index (χ2v) is 4.70. The van der Waals surface area contributed by atoms with E-state index in [-0.39, 0.29) is 0 Å². The zero-order chi connectivity index (χ0) is 12.4. The number of methoxy groups -OCH3 is 1. The van der Waals surface area contributed by atoms with E-state index in [0.717, 1.165) is 25.1 Å². The molecule has 0 atom stereocenters. The lowest BCUT2D eigenvalue weighted by Gasteiger charge is -2.12. The van der Waals surface area contributed by atoms with Crippen LogP contribution in [0.15, 0.2) is 24.3 Å². The zero-order valence-electron chi connectivity index (χ0n) is 10.6. The van der Waals surface area contributed by atoms with Gasteiger partial charge in [0.15, 0.2) is 0 Å². The summed E-state index contributed by atoms with van der Waals surface area (Å²) >= 11 is 0. The lowest BCUT2D eigenvalue weighted by molar-refractivity contribution is 0.414. The quantitative estimate of drug-likeness (QED) is 0.829. The van der Waals surface area contributed by atoms with Crippen molar-refractivity contribution in [1.29, 1.82) is 0 Å².